The van der Waals surface area contributed by atoms with Crippen LogP contribution in [0.5, 0.6) is 0 Å². The first-order valence-corrected chi connectivity index (χ1v) is 14.5. The Balaban J connectivity index is 1.20. The monoisotopic (exact) mass is 531 g/mol. The summed E-state index contributed by atoms with van der Waals surface area (Å²) in [7, 11) is 2.22. The summed E-state index contributed by atoms with van der Waals surface area (Å²) in [6.45, 7) is 10.4. The molecule has 0 unspecified atom stereocenters. The topological polar surface area (TPSA) is 109 Å². The van der Waals surface area contributed by atoms with Crippen molar-refractivity contribution >= 4 is 28.5 Å². The molecule has 10 nitrogen and oxygen atoms in total. The number of hydrogen-bond donors (Lipinski definition) is 2. The Morgan fingerprint density at radius 2 is 1.69 bits per heavy atom. The van der Waals surface area contributed by atoms with Crippen molar-refractivity contribution in [3.63, 3.8) is 0 Å². The van der Waals surface area contributed by atoms with Crippen LogP contribution in [0.15, 0.2) is 24.5 Å². The molecule has 3 N–H and O–H groups in total. The molecule has 39 heavy (non-hydrogen) atoms. The van der Waals surface area contributed by atoms with Crippen molar-refractivity contribution in [2.45, 2.75) is 51.1 Å². The molecule has 3 aromatic rings. The number of pyridine rings is 2. The van der Waals surface area contributed by atoms with E-state index in [1.807, 2.05) is 6.20 Å². The molecule has 3 aliphatic heterocycles. The maximum atomic E-state index is 6.28. The lowest BCUT2D eigenvalue weighted by Crippen LogP contribution is -2.52. The third-order valence-corrected chi connectivity index (χ3v) is 8.60. The first-order chi connectivity index (χ1) is 19.1. The number of likely N-dealkylation sites (N-methyl/N-ethyl adjacent to an activating group) is 1. The van der Waals surface area contributed by atoms with E-state index in [4.69, 9.17) is 25.4 Å². The van der Waals surface area contributed by atoms with Crippen molar-refractivity contribution in [3.8, 4) is 11.1 Å². The second-order valence-corrected chi connectivity index (χ2v) is 11.1. The van der Waals surface area contributed by atoms with Gasteiger partial charge in [-0.2, -0.15) is 0 Å². The highest BCUT2D eigenvalue weighted by atomic mass is 16.5. The summed E-state index contributed by atoms with van der Waals surface area (Å²) >= 11 is 0. The Bertz CT molecular complexity index is 1260. The first kappa shape index (κ1) is 26.2. The minimum Gasteiger partial charge on any atom is -0.382 e. The van der Waals surface area contributed by atoms with E-state index < -0.39 is 0 Å². The summed E-state index contributed by atoms with van der Waals surface area (Å²) in [6.07, 6.45) is 8.82. The fourth-order valence-electron chi connectivity index (χ4n) is 6.08. The molecule has 3 aliphatic rings. The van der Waals surface area contributed by atoms with Crippen LogP contribution in [-0.4, -0.2) is 101 Å². The minimum atomic E-state index is 0.333. The maximum absolute atomic E-state index is 6.28. The Labute approximate surface area is 231 Å². The third-order valence-electron chi connectivity index (χ3n) is 8.60. The van der Waals surface area contributed by atoms with Crippen LogP contribution < -0.4 is 16.0 Å². The van der Waals surface area contributed by atoms with E-state index in [9.17, 15) is 0 Å². The molecule has 10 heteroatoms. The molecule has 6 rings (SSSR count). The van der Waals surface area contributed by atoms with E-state index in [0.717, 1.165) is 79.5 Å². The first-order valence-electron chi connectivity index (χ1n) is 14.5. The number of anilines is 3. The molecule has 0 atom stereocenters. The number of nitrogens with two attached hydrogens (primary N) is 1. The van der Waals surface area contributed by atoms with Crippen LogP contribution in [0.1, 0.15) is 38.3 Å². The summed E-state index contributed by atoms with van der Waals surface area (Å²) in [5, 5.41) is 3.63. The molecule has 0 amide bonds. The van der Waals surface area contributed by atoms with Gasteiger partial charge in [0.15, 0.2) is 5.82 Å². The number of piperidine rings is 1. The molecular weight excluding hydrogens is 490 g/mol. The lowest BCUT2D eigenvalue weighted by molar-refractivity contribution is 0.0903. The van der Waals surface area contributed by atoms with Gasteiger partial charge in [0, 0.05) is 88.1 Å². The van der Waals surface area contributed by atoms with Gasteiger partial charge < -0.3 is 25.6 Å². The van der Waals surface area contributed by atoms with Crippen molar-refractivity contribution in [3.05, 3.63) is 30.2 Å². The molecule has 3 aromatic heterocycles. The minimum absolute atomic E-state index is 0.333. The second-order valence-electron chi connectivity index (χ2n) is 11.1. The molecule has 0 bridgehead atoms. The SMILES string of the molecule is CCc1nc2c(N)ncc(-c3ccc(N4CCC(N5CCN(C)CC5)CC4)nc3)c2nc1NC1CCOCC1. The van der Waals surface area contributed by atoms with E-state index in [1.54, 1.807) is 6.20 Å². The highest BCUT2D eigenvalue weighted by molar-refractivity contribution is 5.96. The predicted molar refractivity (Wildman–Crippen MR) is 156 cm³/mol. The van der Waals surface area contributed by atoms with Gasteiger partial charge in [-0.05, 0) is 51.3 Å². The normalized spacial score (nSPS) is 20.5. The zero-order valence-electron chi connectivity index (χ0n) is 23.3. The van der Waals surface area contributed by atoms with E-state index in [0.29, 0.717) is 23.4 Å². The number of hydrogen-bond acceptors (Lipinski definition) is 10. The molecule has 3 fully saturated rings. The predicted octanol–water partition coefficient (Wildman–Crippen LogP) is 3.04. The van der Waals surface area contributed by atoms with Gasteiger partial charge in [0.1, 0.15) is 22.7 Å². The van der Waals surface area contributed by atoms with Crippen molar-refractivity contribution in [1.29, 1.82) is 0 Å². The van der Waals surface area contributed by atoms with Crippen molar-refractivity contribution < 1.29 is 4.74 Å². The molecule has 0 aromatic carbocycles. The average molecular weight is 532 g/mol. The van der Waals surface area contributed by atoms with E-state index in [1.165, 1.54) is 39.0 Å². The summed E-state index contributed by atoms with van der Waals surface area (Å²) < 4.78 is 5.53. The summed E-state index contributed by atoms with van der Waals surface area (Å²) in [6, 6.07) is 5.28. The maximum Gasteiger partial charge on any atom is 0.151 e. The number of fused-ring (bicyclic) bond motifs is 1. The lowest BCUT2D eigenvalue weighted by Gasteiger charge is -2.42. The van der Waals surface area contributed by atoms with Crippen LogP contribution in [0.25, 0.3) is 22.2 Å². The fraction of sp³-hybridized carbons (Fsp3) is 0.586. The summed E-state index contributed by atoms with van der Waals surface area (Å²) in [5.41, 5.74) is 10.5. The number of aryl methyl sites for hydroxylation is 1. The Morgan fingerprint density at radius 1 is 0.923 bits per heavy atom. The number of rotatable bonds is 6. The number of ether oxygens (including phenoxy) is 1. The number of nitrogens with zero attached hydrogens (tertiary/aromatic N) is 7. The number of piperazine rings is 1. The molecule has 3 saturated heterocycles. The van der Waals surface area contributed by atoms with Crippen LogP contribution >= 0.6 is 0 Å². The van der Waals surface area contributed by atoms with Crippen LogP contribution in [0.4, 0.5) is 17.5 Å². The standard InChI is InChI=1S/C29H41N9O/c1-3-24-29(33-21-8-16-39-17-9-21)35-26-23(19-32-28(30)27(26)34-24)20-4-5-25(31-18-20)38-10-6-22(7-11-38)37-14-12-36(2)13-15-37/h4-5,18-19,21-22H,3,6-17H2,1-2H3,(H2,30,32)(H,33,35). The van der Waals surface area contributed by atoms with Gasteiger partial charge >= 0.3 is 0 Å². The summed E-state index contributed by atoms with van der Waals surface area (Å²) in [5.74, 6) is 2.27. The summed E-state index contributed by atoms with van der Waals surface area (Å²) in [4.78, 5) is 26.8. The zero-order chi connectivity index (χ0) is 26.8. The van der Waals surface area contributed by atoms with Crippen molar-refractivity contribution in [2.24, 2.45) is 0 Å². The van der Waals surface area contributed by atoms with Gasteiger partial charge in [-0.3, -0.25) is 4.90 Å². The van der Waals surface area contributed by atoms with Crippen molar-refractivity contribution in [1.82, 2.24) is 29.7 Å². The molecule has 0 aliphatic carbocycles. The van der Waals surface area contributed by atoms with E-state index in [2.05, 4.69) is 51.1 Å². The van der Waals surface area contributed by atoms with Crippen LogP contribution in [0.2, 0.25) is 0 Å². The highest BCUT2D eigenvalue weighted by Gasteiger charge is 2.27. The zero-order valence-corrected chi connectivity index (χ0v) is 23.3. The van der Waals surface area contributed by atoms with Gasteiger partial charge in [-0.1, -0.05) is 6.92 Å². The number of nitrogen functional groups attached to an aromatic ring is 1. The Morgan fingerprint density at radius 3 is 2.38 bits per heavy atom. The Hall–Kier alpha value is -3.08. The van der Waals surface area contributed by atoms with Crippen molar-refractivity contribution in [2.75, 3.05) is 75.5 Å². The van der Waals surface area contributed by atoms with Gasteiger partial charge in [0.05, 0.1) is 5.69 Å². The third kappa shape index (κ3) is 5.64. The average Bonchev–Trinajstić information content (AvgIpc) is 2.98. The highest BCUT2D eigenvalue weighted by Crippen LogP contribution is 2.32. The van der Waals surface area contributed by atoms with Crippen LogP contribution in [0.3, 0.4) is 0 Å². The van der Waals surface area contributed by atoms with Gasteiger partial charge in [0.25, 0.3) is 0 Å². The molecule has 0 saturated carbocycles. The molecular formula is C29H41N9O. The fourth-order valence-corrected chi connectivity index (χ4v) is 6.08. The number of aromatic nitrogens is 4. The Kier molecular flexibility index (Phi) is 7.76. The smallest absolute Gasteiger partial charge is 0.151 e. The van der Waals surface area contributed by atoms with E-state index >= 15 is 0 Å². The molecule has 208 valence electrons. The van der Waals surface area contributed by atoms with Gasteiger partial charge in [-0.15, -0.1) is 0 Å². The lowest BCUT2D eigenvalue weighted by atomic mass is 10.0. The molecule has 6 heterocycles. The van der Waals surface area contributed by atoms with Gasteiger partial charge in [-0.25, -0.2) is 19.9 Å². The van der Waals surface area contributed by atoms with Crippen LogP contribution in [0, 0.1) is 0 Å². The van der Waals surface area contributed by atoms with Crippen LogP contribution in [-0.2, 0) is 11.2 Å². The number of nitrogens with one attached hydrogen (secondary N) is 1. The van der Waals surface area contributed by atoms with E-state index in [-0.39, 0.29) is 0 Å². The molecule has 0 spiro atoms. The largest absolute Gasteiger partial charge is 0.382 e. The molecule has 0 radical (unpaired) electrons. The second kappa shape index (κ2) is 11.6. The quantitative estimate of drug-likeness (QED) is 0.493. The van der Waals surface area contributed by atoms with Gasteiger partial charge in [0.2, 0.25) is 0 Å².